The molecule has 0 aliphatic carbocycles. The molecule has 4 rings (SSSR count). The molecular formula is C37H44O4. The molecule has 0 amide bonds. The van der Waals surface area contributed by atoms with Crippen LogP contribution in [0, 0.1) is 0 Å². The molecule has 41 heavy (non-hydrogen) atoms. The van der Waals surface area contributed by atoms with E-state index in [-0.39, 0.29) is 29.8 Å². The molecule has 0 N–H and O–H groups in total. The second-order valence-corrected chi connectivity index (χ2v) is 13.0. The van der Waals surface area contributed by atoms with Crippen molar-refractivity contribution in [1.82, 2.24) is 0 Å². The van der Waals surface area contributed by atoms with Gasteiger partial charge in [0, 0.05) is 5.41 Å². The zero-order chi connectivity index (χ0) is 29.7. The Balaban J connectivity index is 1.27. The van der Waals surface area contributed by atoms with Crippen molar-refractivity contribution in [2.75, 3.05) is 13.6 Å². The standard InChI is InChI=1S/C37H44O4/c1-35(2,3)27-9-17-31(18-10-27)38-25-40-33-21-13-29(14-22-33)37(7,8)30-15-23-34(24-16-30)41-26-39-32-19-11-28(12-20-32)36(4,5)6/h9-24H,25-26H2,1-8H3. The lowest BCUT2D eigenvalue weighted by atomic mass is 9.78. The van der Waals surface area contributed by atoms with E-state index in [1.54, 1.807) is 0 Å². The molecule has 4 aromatic rings. The summed E-state index contributed by atoms with van der Waals surface area (Å²) >= 11 is 0. The van der Waals surface area contributed by atoms with E-state index in [0.717, 1.165) is 23.0 Å². The molecule has 4 nitrogen and oxygen atoms in total. The molecule has 0 aliphatic heterocycles. The fraction of sp³-hybridized carbons (Fsp3) is 0.351. The lowest BCUT2D eigenvalue weighted by Crippen LogP contribution is -2.18. The molecule has 0 saturated heterocycles. The minimum Gasteiger partial charge on any atom is -0.458 e. The average molecular weight is 553 g/mol. The van der Waals surface area contributed by atoms with Crippen LogP contribution in [0.4, 0.5) is 0 Å². The summed E-state index contributed by atoms with van der Waals surface area (Å²) in [5.74, 6) is 3.13. The smallest absolute Gasteiger partial charge is 0.230 e. The molecule has 0 atom stereocenters. The lowest BCUT2D eigenvalue weighted by Gasteiger charge is -2.26. The van der Waals surface area contributed by atoms with Crippen LogP contribution in [0.1, 0.15) is 77.6 Å². The van der Waals surface area contributed by atoms with Gasteiger partial charge in [0.15, 0.2) is 0 Å². The summed E-state index contributed by atoms with van der Waals surface area (Å²) in [4.78, 5) is 0. The number of ether oxygens (including phenoxy) is 4. The highest BCUT2D eigenvalue weighted by Gasteiger charge is 2.23. The Bertz CT molecular complexity index is 1260. The maximum atomic E-state index is 5.84. The van der Waals surface area contributed by atoms with Crippen LogP contribution in [0.5, 0.6) is 23.0 Å². The van der Waals surface area contributed by atoms with E-state index in [0.29, 0.717) is 0 Å². The summed E-state index contributed by atoms with van der Waals surface area (Å²) in [6.07, 6.45) is 0. The van der Waals surface area contributed by atoms with E-state index in [1.807, 2.05) is 48.5 Å². The maximum Gasteiger partial charge on any atom is 0.230 e. The second-order valence-electron chi connectivity index (χ2n) is 13.0. The van der Waals surface area contributed by atoms with E-state index in [4.69, 9.17) is 18.9 Å². The van der Waals surface area contributed by atoms with E-state index in [1.165, 1.54) is 22.3 Å². The third-order valence-corrected chi connectivity index (χ3v) is 7.50. The molecular weight excluding hydrogens is 508 g/mol. The van der Waals surface area contributed by atoms with Crippen LogP contribution < -0.4 is 18.9 Å². The van der Waals surface area contributed by atoms with Gasteiger partial charge in [0.1, 0.15) is 23.0 Å². The van der Waals surface area contributed by atoms with Gasteiger partial charge in [-0.25, -0.2) is 0 Å². The molecule has 4 aromatic carbocycles. The molecule has 0 spiro atoms. The number of hydrogen-bond donors (Lipinski definition) is 0. The van der Waals surface area contributed by atoms with E-state index < -0.39 is 0 Å². The van der Waals surface area contributed by atoms with Crippen LogP contribution in [0.2, 0.25) is 0 Å². The van der Waals surface area contributed by atoms with Crippen molar-refractivity contribution in [3.8, 4) is 23.0 Å². The topological polar surface area (TPSA) is 36.9 Å². The van der Waals surface area contributed by atoms with Crippen molar-refractivity contribution in [2.24, 2.45) is 0 Å². The maximum absolute atomic E-state index is 5.84. The molecule has 216 valence electrons. The Morgan fingerprint density at radius 1 is 0.341 bits per heavy atom. The Kier molecular flexibility index (Phi) is 9.01. The van der Waals surface area contributed by atoms with Gasteiger partial charge in [-0.15, -0.1) is 0 Å². The van der Waals surface area contributed by atoms with E-state index >= 15 is 0 Å². The Morgan fingerprint density at radius 2 is 0.561 bits per heavy atom. The molecule has 0 saturated carbocycles. The van der Waals surface area contributed by atoms with Gasteiger partial charge < -0.3 is 18.9 Å². The Hall–Kier alpha value is -3.92. The number of benzene rings is 4. The van der Waals surface area contributed by atoms with Gasteiger partial charge in [-0.2, -0.15) is 0 Å². The first-order valence-electron chi connectivity index (χ1n) is 14.3. The highest BCUT2D eigenvalue weighted by molar-refractivity contribution is 5.42. The largest absolute Gasteiger partial charge is 0.458 e. The zero-order valence-electron chi connectivity index (χ0n) is 25.8. The van der Waals surface area contributed by atoms with Crippen LogP contribution >= 0.6 is 0 Å². The van der Waals surface area contributed by atoms with Gasteiger partial charge in [-0.1, -0.05) is 104 Å². The summed E-state index contributed by atoms with van der Waals surface area (Å²) in [5.41, 5.74) is 4.99. The SMILES string of the molecule is CC(C)(C)c1ccc(OCOc2ccc(C(C)(C)c3ccc(OCOc4ccc(C(C)(C)C)cc4)cc3)cc2)cc1. The predicted molar refractivity (Wildman–Crippen MR) is 168 cm³/mol. The molecule has 0 aromatic heterocycles. The molecule has 4 heteroatoms. The normalized spacial score (nSPS) is 12.1. The van der Waals surface area contributed by atoms with Crippen molar-refractivity contribution in [2.45, 2.75) is 71.6 Å². The molecule has 0 heterocycles. The van der Waals surface area contributed by atoms with Crippen LogP contribution in [0.15, 0.2) is 97.1 Å². The lowest BCUT2D eigenvalue weighted by molar-refractivity contribution is 0.119. The predicted octanol–water partition coefficient (Wildman–Crippen LogP) is 9.44. The summed E-state index contributed by atoms with van der Waals surface area (Å²) in [7, 11) is 0. The van der Waals surface area contributed by atoms with Crippen LogP contribution in [0.3, 0.4) is 0 Å². The summed E-state index contributed by atoms with van der Waals surface area (Å²) in [6.45, 7) is 17.9. The summed E-state index contributed by atoms with van der Waals surface area (Å²) < 4.78 is 23.2. The molecule has 0 fully saturated rings. The minimum atomic E-state index is -0.187. The van der Waals surface area contributed by atoms with Gasteiger partial charge in [0.05, 0.1) is 0 Å². The van der Waals surface area contributed by atoms with Crippen molar-refractivity contribution in [3.05, 3.63) is 119 Å². The van der Waals surface area contributed by atoms with Gasteiger partial charge in [-0.3, -0.25) is 0 Å². The summed E-state index contributed by atoms with van der Waals surface area (Å²) in [6, 6.07) is 32.8. The minimum absolute atomic E-state index is 0.120. The van der Waals surface area contributed by atoms with Gasteiger partial charge >= 0.3 is 0 Å². The first kappa shape index (κ1) is 30.0. The van der Waals surface area contributed by atoms with Crippen LogP contribution in [0.25, 0.3) is 0 Å². The second kappa shape index (κ2) is 12.3. The fourth-order valence-corrected chi connectivity index (χ4v) is 4.54. The quantitative estimate of drug-likeness (QED) is 0.184. The third-order valence-electron chi connectivity index (χ3n) is 7.50. The molecule has 0 radical (unpaired) electrons. The summed E-state index contributed by atoms with van der Waals surface area (Å²) in [5, 5.41) is 0. The van der Waals surface area contributed by atoms with Crippen molar-refractivity contribution in [3.63, 3.8) is 0 Å². The van der Waals surface area contributed by atoms with Gasteiger partial charge in [0.2, 0.25) is 13.6 Å². The number of rotatable bonds is 10. The number of hydrogen-bond acceptors (Lipinski definition) is 4. The van der Waals surface area contributed by atoms with Gasteiger partial charge in [-0.05, 0) is 81.6 Å². The highest BCUT2D eigenvalue weighted by Crippen LogP contribution is 2.33. The Morgan fingerprint density at radius 3 is 0.780 bits per heavy atom. The molecule has 0 bridgehead atoms. The fourth-order valence-electron chi connectivity index (χ4n) is 4.54. The van der Waals surface area contributed by atoms with Crippen LogP contribution in [-0.4, -0.2) is 13.6 Å². The van der Waals surface area contributed by atoms with E-state index in [2.05, 4.69) is 104 Å². The van der Waals surface area contributed by atoms with Crippen molar-refractivity contribution >= 4 is 0 Å². The first-order chi connectivity index (χ1) is 19.3. The van der Waals surface area contributed by atoms with Gasteiger partial charge in [0.25, 0.3) is 0 Å². The monoisotopic (exact) mass is 552 g/mol. The first-order valence-corrected chi connectivity index (χ1v) is 14.3. The van der Waals surface area contributed by atoms with E-state index in [9.17, 15) is 0 Å². The Labute approximate surface area is 246 Å². The molecule has 0 unspecified atom stereocenters. The van der Waals surface area contributed by atoms with Crippen molar-refractivity contribution < 1.29 is 18.9 Å². The third kappa shape index (κ3) is 8.07. The highest BCUT2D eigenvalue weighted by atomic mass is 16.7. The van der Waals surface area contributed by atoms with Crippen LogP contribution in [-0.2, 0) is 16.2 Å². The molecule has 0 aliphatic rings. The van der Waals surface area contributed by atoms with Crippen molar-refractivity contribution in [1.29, 1.82) is 0 Å². The average Bonchev–Trinajstić information content (AvgIpc) is 2.93. The zero-order valence-corrected chi connectivity index (χ0v) is 25.8.